The Labute approximate surface area is 149 Å². The van der Waals surface area contributed by atoms with E-state index in [-0.39, 0.29) is 11.9 Å². The molecule has 1 fully saturated rings. The molecule has 25 heavy (non-hydrogen) atoms. The lowest BCUT2D eigenvalue weighted by Gasteiger charge is -2.34. The quantitative estimate of drug-likeness (QED) is 0.705. The number of piperidine rings is 1. The van der Waals surface area contributed by atoms with Gasteiger partial charge in [0, 0.05) is 19.7 Å². The number of imidazole rings is 1. The number of aromatic nitrogens is 5. The molecule has 0 spiro atoms. The zero-order valence-electron chi connectivity index (χ0n) is 13.8. The highest BCUT2D eigenvalue weighted by Crippen LogP contribution is 2.30. The third-order valence-corrected chi connectivity index (χ3v) is 4.69. The molecule has 1 amide bonds. The monoisotopic (exact) mass is 356 g/mol. The first-order chi connectivity index (χ1) is 12.1. The molecule has 4 rings (SSSR count). The van der Waals surface area contributed by atoms with Crippen LogP contribution in [0.3, 0.4) is 0 Å². The molecule has 4 heterocycles. The van der Waals surface area contributed by atoms with E-state index in [0.717, 1.165) is 37.2 Å². The van der Waals surface area contributed by atoms with Gasteiger partial charge in [-0.1, -0.05) is 11.6 Å². The predicted octanol–water partition coefficient (Wildman–Crippen LogP) is 2.91. The van der Waals surface area contributed by atoms with Gasteiger partial charge in [0.2, 0.25) is 11.7 Å². The number of rotatable bonds is 2. The van der Waals surface area contributed by atoms with Crippen LogP contribution in [0, 0.1) is 0 Å². The summed E-state index contributed by atoms with van der Waals surface area (Å²) in [4.78, 5) is 31.4. The molecule has 1 atom stereocenters. The Kier molecular flexibility index (Phi) is 4.09. The van der Waals surface area contributed by atoms with Crippen molar-refractivity contribution in [1.29, 1.82) is 0 Å². The second-order valence-electron chi connectivity index (χ2n) is 6.14. The lowest BCUT2D eigenvalue weighted by molar-refractivity contribution is -0.132. The van der Waals surface area contributed by atoms with Gasteiger partial charge in [0.25, 0.3) is 0 Å². The average molecular weight is 357 g/mol. The van der Waals surface area contributed by atoms with E-state index in [1.165, 1.54) is 0 Å². The van der Waals surface area contributed by atoms with Crippen molar-refractivity contribution in [2.45, 2.75) is 32.2 Å². The van der Waals surface area contributed by atoms with Crippen LogP contribution >= 0.6 is 11.6 Å². The minimum absolute atomic E-state index is 0.0281. The molecule has 8 heteroatoms. The maximum Gasteiger partial charge on any atom is 0.234 e. The van der Waals surface area contributed by atoms with Crippen molar-refractivity contribution in [1.82, 2.24) is 29.2 Å². The molecule has 0 N–H and O–H groups in total. The zero-order chi connectivity index (χ0) is 17.4. The van der Waals surface area contributed by atoms with Crippen LogP contribution in [0.2, 0.25) is 5.02 Å². The molecule has 0 aromatic carbocycles. The molecule has 3 aromatic rings. The molecule has 3 aromatic heterocycles. The first kappa shape index (κ1) is 16.0. The molecular formula is C17H17ClN6O. The van der Waals surface area contributed by atoms with E-state index in [4.69, 9.17) is 16.6 Å². The van der Waals surface area contributed by atoms with Gasteiger partial charge in [0.15, 0.2) is 0 Å². The van der Waals surface area contributed by atoms with E-state index in [1.807, 2.05) is 4.90 Å². The summed E-state index contributed by atoms with van der Waals surface area (Å²) in [6.45, 7) is 2.37. The number of likely N-dealkylation sites (tertiary alicyclic amines) is 1. The van der Waals surface area contributed by atoms with Gasteiger partial charge >= 0.3 is 0 Å². The summed E-state index contributed by atoms with van der Waals surface area (Å²) in [6, 6.07) is -0.0281. The Bertz CT molecular complexity index is 940. The van der Waals surface area contributed by atoms with Crippen LogP contribution in [0.4, 0.5) is 0 Å². The largest absolute Gasteiger partial charge is 0.334 e. The summed E-state index contributed by atoms with van der Waals surface area (Å²) < 4.78 is 1.79. The van der Waals surface area contributed by atoms with Crippen molar-refractivity contribution in [2.75, 3.05) is 6.54 Å². The Morgan fingerprint density at radius 2 is 2.04 bits per heavy atom. The van der Waals surface area contributed by atoms with Crippen LogP contribution in [0.15, 0.2) is 31.0 Å². The van der Waals surface area contributed by atoms with Crippen LogP contribution in [-0.2, 0) is 4.79 Å². The van der Waals surface area contributed by atoms with Crippen molar-refractivity contribution in [2.24, 2.45) is 0 Å². The lowest BCUT2D eigenvalue weighted by Crippen LogP contribution is -2.37. The number of hydrogen-bond acceptors (Lipinski definition) is 5. The highest BCUT2D eigenvalue weighted by molar-refractivity contribution is 6.30. The molecule has 1 aliphatic rings. The van der Waals surface area contributed by atoms with Gasteiger partial charge in [-0.25, -0.2) is 15.0 Å². The summed E-state index contributed by atoms with van der Waals surface area (Å²) in [7, 11) is 0. The third-order valence-electron chi connectivity index (χ3n) is 4.50. The van der Waals surface area contributed by atoms with E-state index in [1.54, 1.807) is 42.3 Å². The Hall–Kier alpha value is -2.54. The van der Waals surface area contributed by atoms with Gasteiger partial charge in [-0.05, 0) is 19.3 Å². The zero-order valence-corrected chi connectivity index (χ0v) is 14.5. The SMILES string of the molecule is CC(=O)N1CCCC[C@@H]1c1cncc(-c2cnc3ncc(Cl)cn23)n1. The van der Waals surface area contributed by atoms with Crippen molar-refractivity contribution in [3.8, 4) is 11.4 Å². The molecule has 0 bridgehead atoms. The number of hydrogen-bond donors (Lipinski definition) is 0. The molecule has 1 saturated heterocycles. The first-order valence-corrected chi connectivity index (χ1v) is 8.59. The van der Waals surface area contributed by atoms with E-state index < -0.39 is 0 Å². The number of halogens is 1. The molecule has 0 saturated carbocycles. The van der Waals surface area contributed by atoms with Gasteiger partial charge in [-0.15, -0.1) is 0 Å². The van der Waals surface area contributed by atoms with Crippen molar-refractivity contribution < 1.29 is 4.79 Å². The van der Waals surface area contributed by atoms with Crippen LogP contribution in [0.25, 0.3) is 17.2 Å². The van der Waals surface area contributed by atoms with Crippen LogP contribution < -0.4 is 0 Å². The normalized spacial score (nSPS) is 17.8. The van der Waals surface area contributed by atoms with Gasteiger partial charge in [0.05, 0.1) is 47.2 Å². The van der Waals surface area contributed by atoms with Gasteiger partial charge in [-0.2, -0.15) is 0 Å². The minimum atomic E-state index is -0.0281. The number of nitrogens with zero attached hydrogens (tertiary/aromatic N) is 6. The first-order valence-electron chi connectivity index (χ1n) is 8.21. The Balaban J connectivity index is 1.76. The third kappa shape index (κ3) is 2.95. The van der Waals surface area contributed by atoms with Crippen LogP contribution in [-0.4, -0.2) is 41.7 Å². The van der Waals surface area contributed by atoms with Crippen LogP contribution in [0.1, 0.15) is 37.9 Å². The Morgan fingerprint density at radius 3 is 2.88 bits per heavy atom. The second-order valence-corrected chi connectivity index (χ2v) is 6.58. The maximum absolute atomic E-state index is 11.9. The molecule has 0 aliphatic carbocycles. The summed E-state index contributed by atoms with van der Waals surface area (Å²) >= 11 is 6.05. The topological polar surface area (TPSA) is 76.3 Å². The minimum Gasteiger partial charge on any atom is -0.334 e. The highest BCUT2D eigenvalue weighted by atomic mass is 35.5. The molecule has 7 nitrogen and oxygen atoms in total. The van der Waals surface area contributed by atoms with Crippen molar-refractivity contribution >= 4 is 23.3 Å². The number of amides is 1. The number of carbonyl (C=O) groups excluding carboxylic acids is 1. The van der Waals surface area contributed by atoms with E-state index in [2.05, 4.69) is 15.0 Å². The summed E-state index contributed by atoms with van der Waals surface area (Å²) in [6.07, 6.45) is 11.5. The second kappa shape index (κ2) is 6.40. The molecular weight excluding hydrogens is 340 g/mol. The molecule has 0 unspecified atom stereocenters. The average Bonchev–Trinajstić information content (AvgIpc) is 3.05. The van der Waals surface area contributed by atoms with E-state index in [9.17, 15) is 4.79 Å². The smallest absolute Gasteiger partial charge is 0.234 e. The fourth-order valence-electron chi connectivity index (χ4n) is 3.32. The maximum atomic E-state index is 11.9. The molecule has 0 radical (unpaired) electrons. The van der Waals surface area contributed by atoms with Gasteiger partial charge < -0.3 is 4.90 Å². The number of fused-ring (bicyclic) bond motifs is 1. The van der Waals surface area contributed by atoms with Gasteiger partial charge in [0.1, 0.15) is 5.69 Å². The fraction of sp³-hybridized carbons (Fsp3) is 0.353. The summed E-state index contributed by atoms with van der Waals surface area (Å²) in [5.74, 6) is 0.623. The lowest BCUT2D eigenvalue weighted by atomic mass is 9.99. The summed E-state index contributed by atoms with van der Waals surface area (Å²) in [5.41, 5.74) is 2.25. The predicted molar refractivity (Wildman–Crippen MR) is 93.0 cm³/mol. The van der Waals surface area contributed by atoms with E-state index in [0.29, 0.717) is 16.5 Å². The van der Waals surface area contributed by atoms with Crippen molar-refractivity contribution in [3.63, 3.8) is 0 Å². The number of carbonyl (C=O) groups is 1. The van der Waals surface area contributed by atoms with E-state index >= 15 is 0 Å². The highest BCUT2D eigenvalue weighted by Gasteiger charge is 2.27. The van der Waals surface area contributed by atoms with Crippen LogP contribution in [0.5, 0.6) is 0 Å². The molecule has 128 valence electrons. The Morgan fingerprint density at radius 1 is 1.20 bits per heavy atom. The summed E-state index contributed by atoms with van der Waals surface area (Å²) in [5, 5.41) is 0.519. The fourth-order valence-corrected chi connectivity index (χ4v) is 3.47. The standard InChI is InChI=1S/C17H17ClN6O/c1-11(25)23-5-3-2-4-15(23)13-7-19-8-14(22-13)16-9-21-17-20-6-12(18)10-24(16)17/h6-10,15H,2-5H2,1H3/t15-/m1/s1. The van der Waals surface area contributed by atoms with Gasteiger partial charge in [-0.3, -0.25) is 14.2 Å². The molecule has 1 aliphatic heterocycles. The van der Waals surface area contributed by atoms with Crippen molar-refractivity contribution in [3.05, 3.63) is 41.7 Å².